The van der Waals surface area contributed by atoms with E-state index in [9.17, 15) is 4.79 Å². The van der Waals surface area contributed by atoms with Crippen LogP contribution in [0, 0.1) is 5.92 Å². The minimum Gasteiger partial charge on any atom is -0.414 e. The smallest absolute Gasteiger partial charge is 0.192 e. The molecule has 4 nitrogen and oxygen atoms in total. The molecule has 1 aromatic carbocycles. The maximum absolute atomic E-state index is 11.6. The summed E-state index contributed by atoms with van der Waals surface area (Å²) >= 11 is 0. The van der Waals surface area contributed by atoms with Gasteiger partial charge < -0.3 is 18.4 Å². The Kier molecular flexibility index (Phi) is 11.2. The van der Waals surface area contributed by atoms with Gasteiger partial charge in [-0.05, 0) is 55.8 Å². The molecule has 3 atom stereocenters. The fraction of sp³-hybridized carbons (Fsp3) is 0.654. The molecule has 0 aromatic heterocycles. The Morgan fingerprint density at radius 3 is 2.16 bits per heavy atom. The van der Waals surface area contributed by atoms with Gasteiger partial charge in [-0.15, -0.1) is 0 Å². The van der Waals surface area contributed by atoms with Crippen LogP contribution in [-0.2, 0) is 25.0 Å². The fourth-order valence-electron chi connectivity index (χ4n) is 3.01. The third kappa shape index (κ3) is 10.3. The highest BCUT2D eigenvalue weighted by molar-refractivity contribution is 6.74. The van der Waals surface area contributed by atoms with Crippen LogP contribution in [0.2, 0.25) is 37.8 Å². The molecule has 0 amide bonds. The van der Waals surface area contributed by atoms with Gasteiger partial charge in [-0.3, -0.25) is 0 Å². The van der Waals surface area contributed by atoms with Crippen molar-refractivity contribution in [3.8, 4) is 0 Å². The molecule has 0 radical (unpaired) electrons. The number of carbonyl (C=O) groups is 1. The number of carbonyl (C=O) groups excluding carboxylic acids is 1. The van der Waals surface area contributed by atoms with Crippen LogP contribution in [0.25, 0.3) is 0 Å². The Hall–Kier alpha value is -1.06. The Morgan fingerprint density at radius 2 is 1.66 bits per heavy atom. The lowest BCUT2D eigenvalue weighted by Crippen LogP contribution is -2.41. The fourth-order valence-corrected chi connectivity index (χ4v) is 5.16. The molecule has 0 aliphatic carbocycles. The van der Waals surface area contributed by atoms with Crippen molar-refractivity contribution in [1.29, 1.82) is 0 Å². The molecular weight excluding hydrogens is 432 g/mol. The van der Waals surface area contributed by atoms with E-state index in [1.165, 1.54) is 0 Å². The standard InChI is InChI=1S/C26H46O4Si2/c1-21(16-17-29-32(9,10)26(3,4)5)24(28-20-23-14-12-11-13-15-23)18-25(22(2)19-27)30-31(6,7)8/h11-16,19,22,24-25H,17-18,20H2,1-10H3/b21-16+/t22-,24-,25+/m0/s1. The van der Waals surface area contributed by atoms with Crippen LogP contribution in [0.4, 0.5) is 0 Å². The summed E-state index contributed by atoms with van der Waals surface area (Å²) in [6.07, 6.45) is 3.50. The Balaban J connectivity index is 3.02. The van der Waals surface area contributed by atoms with Gasteiger partial charge in [0.15, 0.2) is 16.6 Å². The average Bonchev–Trinajstić information content (AvgIpc) is 2.68. The highest BCUT2D eigenvalue weighted by Gasteiger charge is 2.37. The molecule has 0 saturated heterocycles. The van der Waals surface area contributed by atoms with Crippen LogP contribution in [-0.4, -0.2) is 41.7 Å². The average molecular weight is 479 g/mol. The second kappa shape index (κ2) is 12.4. The topological polar surface area (TPSA) is 44.8 Å². The van der Waals surface area contributed by atoms with Gasteiger partial charge in [0.25, 0.3) is 0 Å². The second-order valence-electron chi connectivity index (χ2n) is 11.3. The molecular formula is C26H46O4Si2. The van der Waals surface area contributed by atoms with Crippen molar-refractivity contribution in [2.45, 2.75) is 97.6 Å². The predicted molar refractivity (Wildman–Crippen MR) is 140 cm³/mol. The summed E-state index contributed by atoms with van der Waals surface area (Å²) in [6, 6.07) is 10.2. The number of hydrogen-bond acceptors (Lipinski definition) is 4. The first-order valence-electron chi connectivity index (χ1n) is 11.8. The minimum atomic E-state index is -1.82. The summed E-state index contributed by atoms with van der Waals surface area (Å²) in [5.74, 6) is -0.180. The van der Waals surface area contributed by atoms with Crippen LogP contribution < -0.4 is 0 Å². The van der Waals surface area contributed by atoms with Gasteiger partial charge in [0, 0.05) is 12.3 Å². The van der Waals surface area contributed by atoms with Gasteiger partial charge >= 0.3 is 0 Å². The molecule has 32 heavy (non-hydrogen) atoms. The van der Waals surface area contributed by atoms with Gasteiger partial charge in [0.1, 0.15) is 6.29 Å². The lowest BCUT2D eigenvalue weighted by molar-refractivity contribution is -0.113. The predicted octanol–water partition coefficient (Wildman–Crippen LogP) is 6.99. The summed E-state index contributed by atoms with van der Waals surface area (Å²) in [6.45, 7) is 22.9. The van der Waals surface area contributed by atoms with Crippen LogP contribution in [0.3, 0.4) is 0 Å². The molecule has 0 saturated carbocycles. The van der Waals surface area contributed by atoms with E-state index < -0.39 is 16.6 Å². The van der Waals surface area contributed by atoms with Gasteiger partial charge in [0.05, 0.1) is 25.4 Å². The zero-order valence-electron chi connectivity index (χ0n) is 22.0. The van der Waals surface area contributed by atoms with Crippen molar-refractivity contribution < 1.29 is 18.4 Å². The number of benzene rings is 1. The molecule has 1 aromatic rings. The lowest BCUT2D eigenvalue weighted by atomic mass is 9.97. The van der Waals surface area contributed by atoms with Crippen molar-refractivity contribution in [3.63, 3.8) is 0 Å². The van der Waals surface area contributed by atoms with E-state index in [4.69, 9.17) is 13.6 Å². The molecule has 0 spiro atoms. The van der Waals surface area contributed by atoms with Crippen LogP contribution in [0.1, 0.15) is 46.6 Å². The van der Waals surface area contributed by atoms with Crippen molar-refractivity contribution in [3.05, 3.63) is 47.5 Å². The van der Waals surface area contributed by atoms with E-state index in [0.717, 1.165) is 17.4 Å². The van der Waals surface area contributed by atoms with E-state index in [0.29, 0.717) is 19.6 Å². The highest BCUT2D eigenvalue weighted by atomic mass is 28.4. The second-order valence-corrected chi connectivity index (χ2v) is 20.6. The number of ether oxygens (including phenoxy) is 1. The zero-order valence-corrected chi connectivity index (χ0v) is 24.0. The van der Waals surface area contributed by atoms with E-state index >= 15 is 0 Å². The van der Waals surface area contributed by atoms with E-state index in [1.807, 2.05) is 25.1 Å². The zero-order chi connectivity index (χ0) is 24.6. The monoisotopic (exact) mass is 478 g/mol. The molecule has 0 N–H and O–H groups in total. The maximum Gasteiger partial charge on any atom is 0.192 e. The number of aldehydes is 1. The normalized spacial score (nSPS) is 16.5. The van der Waals surface area contributed by atoms with Crippen molar-refractivity contribution in [2.24, 2.45) is 5.92 Å². The van der Waals surface area contributed by atoms with Gasteiger partial charge in [0.2, 0.25) is 0 Å². The van der Waals surface area contributed by atoms with Crippen LogP contribution in [0.15, 0.2) is 42.0 Å². The summed E-state index contributed by atoms with van der Waals surface area (Å²) in [7, 11) is -3.63. The summed E-state index contributed by atoms with van der Waals surface area (Å²) < 4.78 is 19.1. The molecule has 182 valence electrons. The van der Waals surface area contributed by atoms with Gasteiger partial charge in [-0.2, -0.15) is 0 Å². The summed E-state index contributed by atoms with van der Waals surface area (Å²) in [4.78, 5) is 11.6. The third-order valence-electron chi connectivity index (χ3n) is 6.21. The molecule has 0 aliphatic rings. The SMILES string of the molecule is C/C(=C\CO[Si](C)(C)C(C)(C)C)[C@H](C[C@@H](O[Si](C)(C)C)[C@@H](C)C=O)OCc1ccccc1. The van der Waals surface area contributed by atoms with Gasteiger partial charge in [-0.1, -0.05) is 64.1 Å². The van der Waals surface area contributed by atoms with E-state index in [1.54, 1.807) is 0 Å². The molecule has 0 unspecified atom stereocenters. The Labute approximate surface area is 199 Å². The quantitative estimate of drug-likeness (QED) is 0.174. The molecule has 1 rings (SSSR count). The highest BCUT2D eigenvalue weighted by Crippen LogP contribution is 2.36. The maximum atomic E-state index is 11.6. The third-order valence-corrected chi connectivity index (χ3v) is 11.7. The minimum absolute atomic E-state index is 0.137. The summed E-state index contributed by atoms with van der Waals surface area (Å²) in [5.41, 5.74) is 2.26. The summed E-state index contributed by atoms with van der Waals surface area (Å²) in [5, 5.41) is 0.174. The van der Waals surface area contributed by atoms with E-state index in [2.05, 4.69) is 78.6 Å². The lowest BCUT2D eigenvalue weighted by Gasteiger charge is -2.36. The Morgan fingerprint density at radius 1 is 1.06 bits per heavy atom. The molecule has 0 bridgehead atoms. The van der Waals surface area contributed by atoms with Gasteiger partial charge in [-0.25, -0.2) is 0 Å². The van der Waals surface area contributed by atoms with Crippen molar-refractivity contribution >= 4 is 22.9 Å². The van der Waals surface area contributed by atoms with Crippen LogP contribution >= 0.6 is 0 Å². The van der Waals surface area contributed by atoms with Crippen molar-refractivity contribution in [2.75, 3.05) is 6.61 Å². The first-order valence-corrected chi connectivity index (χ1v) is 18.1. The number of rotatable bonds is 13. The van der Waals surface area contributed by atoms with E-state index in [-0.39, 0.29) is 23.2 Å². The number of hydrogen-bond donors (Lipinski definition) is 0. The molecule has 6 heteroatoms. The molecule has 0 aliphatic heterocycles. The van der Waals surface area contributed by atoms with Crippen molar-refractivity contribution in [1.82, 2.24) is 0 Å². The van der Waals surface area contributed by atoms with Crippen LogP contribution in [0.5, 0.6) is 0 Å². The largest absolute Gasteiger partial charge is 0.414 e. The molecule has 0 fully saturated rings. The first-order chi connectivity index (χ1) is 14.7. The Bertz CT molecular complexity index is 718. The first kappa shape index (κ1) is 29.0. The molecule has 0 heterocycles.